The molecule has 3 aliphatic carbocycles. The van der Waals surface area contributed by atoms with Crippen molar-refractivity contribution in [1.29, 1.82) is 0 Å². The smallest absolute Gasteiger partial charge is 0.339 e. The van der Waals surface area contributed by atoms with Crippen LogP contribution in [0.3, 0.4) is 0 Å². The van der Waals surface area contributed by atoms with Gasteiger partial charge in [-0.15, -0.1) is 0 Å². The molecule has 30 heavy (non-hydrogen) atoms. The maximum absolute atomic E-state index is 12.3. The highest BCUT2D eigenvalue weighted by atomic mass is 16.6. The zero-order chi connectivity index (χ0) is 20.9. The molecular formula is C24H18O6. The summed E-state index contributed by atoms with van der Waals surface area (Å²) in [6, 6.07) is 4.24. The average Bonchev–Trinajstić information content (AvgIpc) is 3.51. The molecular weight excluding hydrogens is 384 g/mol. The van der Waals surface area contributed by atoms with Gasteiger partial charge in [-0.05, 0) is 19.3 Å². The van der Waals surface area contributed by atoms with E-state index in [1.54, 1.807) is 36.5 Å². The minimum Gasteiger partial charge on any atom is -0.423 e. The van der Waals surface area contributed by atoms with Crippen LogP contribution in [0.4, 0.5) is 0 Å². The highest BCUT2D eigenvalue weighted by molar-refractivity contribution is 5.93. The Morgan fingerprint density at radius 2 is 0.833 bits per heavy atom. The monoisotopic (exact) mass is 402 g/mol. The zero-order valence-corrected chi connectivity index (χ0v) is 16.0. The molecule has 0 radical (unpaired) electrons. The number of allylic oxidation sites excluding steroid dienone is 9. The van der Waals surface area contributed by atoms with Gasteiger partial charge in [-0.3, -0.25) is 0 Å². The molecule has 1 aromatic rings. The summed E-state index contributed by atoms with van der Waals surface area (Å²) in [6.07, 6.45) is 17.3. The molecule has 0 amide bonds. The van der Waals surface area contributed by atoms with E-state index in [2.05, 4.69) is 0 Å². The molecule has 3 aliphatic rings. The number of ether oxygens (including phenoxy) is 3. The number of rotatable bonds is 6. The number of esters is 3. The molecule has 150 valence electrons. The lowest BCUT2D eigenvalue weighted by atomic mass is 10.2. The molecule has 0 bridgehead atoms. The predicted molar refractivity (Wildman–Crippen MR) is 109 cm³/mol. The minimum absolute atomic E-state index is 0.109. The van der Waals surface area contributed by atoms with Crippen LogP contribution in [-0.4, -0.2) is 17.9 Å². The van der Waals surface area contributed by atoms with Crippen molar-refractivity contribution in [2.75, 3.05) is 0 Å². The van der Waals surface area contributed by atoms with Gasteiger partial charge in [-0.2, -0.15) is 0 Å². The fourth-order valence-electron chi connectivity index (χ4n) is 3.04. The Balaban J connectivity index is 1.55. The Kier molecular flexibility index (Phi) is 5.57. The first-order valence-electron chi connectivity index (χ1n) is 9.47. The molecule has 0 fully saturated rings. The van der Waals surface area contributed by atoms with E-state index < -0.39 is 17.9 Å². The van der Waals surface area contributed by atoms with Gasteiger partial charge in [-0.1, -0.05) is 54.7 Å². The van der Waals surface area contributed by atoms with Crippen LogP contribution in [0.15, 0.2) is 89.6 Å². The van der Waals surface area contributed by atoms with Gasteiger partial charge in [0.1, 0.15) is 17.2 Å². The van der Waals surface area contributed by atoms with Crippen LogP contribution in [0.25, 0.3) is 0 Å². The number of carbonyl (C=O) groups excluding carboxylic acids is 3. The summed E-state index contributed by atoms with van der Waals surface area (Å²) in [6.45, 7) is 0. The first kappa shape index (κ1) is 19.4. The SMILES string of the molecule is O=C(Oc1cc(OC(=O)C2=CC=CC2)cc(OC(=O)C2=CC=CC2)c1)C1=CC=CC1. The van der Waals surface area contributed by atoms with Gasteiger partial charge in [0, 0.05) is 34.9 Å². The molecule has 0 N–H and O–H groups in total. The summed E-state index contributed by atoms with van der Waals surface area (Å²) in [5.74, 6) is -1.24. The van der Waals surface area contributed by atoms with E-state index in [1.165, 1.54) is 18.2 Å². The average molecular weight is 402 g/mol. The van der Waals surface area contributed by atoms with Crippen molar-refractivity contribution in [3.63, 3.8) is 0 Å². The zero-order valence-electron chi connectivity index (χ0n) is 16.0. The maximum Gasteiger partial charge on any atom is 0.339 e. The summed E-state index contributed by atoms with van der Waals surface area (Å²) in [5.41, 5.74) is 1.50. The lowest BCUT2D eigenvalue weighted by molar-refractivity contribution is -0.130. The van der Waals surface area contributed by atoms with Crippen LogP contribution in [0.1, 0.15) is 19.3 Å². The van der Waals surface area contributed by atoms with Gasteiger partial charge in [0.25, 0.3) is 0 Å². The topological polar surface area (TPSA) is 78.9 Å². The molecule has 0 aliphatic heterocycles. The Labute approximate surface area is 173 Å². The molecule has 6 nitrogen and oxygen atoms in total. The highest BCUT2D eigenvalue weighted by Gasteiger charge is 2.19. The van der Waals surface area contributed by atoms with Crippen molar-refractivity contribution in [3.05, 3.63) is 89.6 Å². The van der Waals surface area contributed by atoms with Crippen LogP contribution in [0.5, 0.6) is 17.2 Å². The number of hydrogen-bond donors (Lipinski definition) is 0. The second-order valence-electron chi connectivity index (χ2n) is 6.78. The number of hydrogen-bond acceptors (Lipinski definition) is 6. The Morgan fingerprint density at radius 1 is 0.533 bits per heavy atom. The van der Waals surface area contributed by atoms with E-state index in [4.69, 9.17) is 14.2 Å². The van der Waals surface area contributed by atoms with Crippen molar-refractivity contribution >= 4 is 17.9 Å². The third-order valence-corrected chi connectivity index (χ3v) is 4.59. The maximum atomic E-state index is 12.3. The van der Waals surface area contributed by atoms with Gasteiger partial charge < -0.3 is 14.2 Å². The van der Waals surface area contributed by atoms with Crippen LogP contribution in [0.2, 0.25) is 0 Å². The first-order chi connectivity index (χ1) is 14.6. The Morgan fingerprint density at radius 3 is 1.07 bits per heavy atom. The standard InChI is InChI=1S/C24H18O6/c25-22(16-7-1-2-8-16)28-19-13-20(29-23(26)17-9-3-4-10-17)15-21(14-19)30-24(27)18-11-5-6-12-18/h1-7,9,11,13-15H,8,10,12H2. The molecule has 4 rings (SSSR count). The van der Waals surface area contributed by atoms with Gasteiger partial charge >= 0.3 is 17.9 Å². The molecule has 6 heteroatoms. The van der Waals surface area contributed by atoms with E-state index in [1.807, 2.05) is 18.2 Å². The molecule has 0 atom stereocenters. The number of benzene rings is 1. The molecule has 0 saturated heterocycles. The molecule has 0 spiro atoms. The highest BCUT2D eigenvalue weighted by Crippen LogP contribution is 2.31. The van der Waals surface area contributed by atoms with Crippen molar-refractivity contribution < 1.29 is 28.6 Å². The fraction of sp³-hybridized carbons (Fsp3) is 0.125. The van der Waals surface area contributed by atoms with Crippen LogP contribution < -0.4 is 14.2 Å². The summed E-state index contributed by atoms with van der Waals surface area (Å²) in [7, 11) is 0. The van der Waals surface area contributed by atoms with Crippen molar-refractivity contribution in [2.45, 2.75) is 19.3 Å². The normalized spacial score (nSPS) is 16.2. The lowest BCUT2D eigenvalue weighted by Crippen LogP contribution is -2.13. The van der Waals surface area contributed by atoms with Crippen LogP contribution in [0, 0.1) is 0 Å². The molecule has 0 heterocycles. The minimum atomic E-state index is -0.522. The van der Waals surface area contributed by atoms with E-state index >= 15 is 0 Å². The third kappa shape index (κ3) is 4.55. The Hall–Kier alpha value is -3.93. The quantitative estimate of drug-likeness (QED) is 0.527. The van der Waals surface area contributed by atoms with Gasteiger partial charge in [0.2, 0.25) is 0 Å². The summed E-state index contributed by atoms with van der Waals surface area (Å²) < 4.78 is 16.2. The van der Waals surface area contributed by atoms with Crippen LogP contribution >= 0.6 is 0 Å². The first-order valence-corrected chi connectivity index (χ1v) is 9.47. The van der Waals surface area contributed by atoms with Gasteiger partial charge in [0.05, 0.1) is 0 Å². The summed E-state index contributed by atoms with van der Waals surface area (Å²) in [4.78, 5) is 37.0. The van der Waals surface area contributed by atoms with E-state index in [9.17, 15) is 14.4 Å². The second-order valence-corrected chi connectivity index (χ2v) is 6.78. The Bertz CT molecular complexity index is 944. The van der Waals surface area contributed by atoms with E-state index in [-0.39, 0.29) is 17.2 Å². The third-order valence-electron chi connectivity index (χ3n) is 4.59. The number of carbonyl (C=O) groups is 3. The largest absolute Gasteiger partial charge is 0.423 e. The van der Waals surface area contributed by atoms with E-state index in [0.717, 1.165) is 0 Å². The molecule has 0 unspecified atom stereocenters. The fourth-order valence-corrected chi connectivity index (χ4v) is 3.04. The molecule has 1 aromatic carbocycles. The molecule has 0 saturated carbocycles. The summed E-state index contributed by atoms with van der Waals surface area (Å²) >= 11 is 0. The van der Waals surface area contributed by atoms with Gasteiger partial charge in [0.15, 0.2) is 0 Å². The summed E-state index contributed by atoms with van der Waals surface area (Å²) in [5, 5.41) is 0. The van der Waals surface area contributed by atoms with Crippen molar-refractivity contribution in [3.8, 4) is 17.2 Å². The van der Waals surface area contributed by atoms with Crippen molar-refractivity contribution in [2.24, 2.45) is 0 Å². The van der Waals surface area contributed by atoms with E-state index in [0.29, 0.717) is 36.0 Å². The van der Waals surface area contributed by atoms with Crippen molar-refractivity contribution in [1.82, 2.24) is 0 Å². The van der Waals surface area contributed by atoms with Gasteiger partial charge in [-0.25, -0.2) is 14.4 Å². The molecule has 0 aromatic heterocycles. The second kappa shape index (κ2) is 8.61. The lowest BCUT2D eigenvalue weighted by Gasteiger charge is -2.12. The predicted octanol–water partition coefficient (Wildman–Crippen LogP) is 4.06. The van der Waals surface area contributed by atoms with Crippen LogP contribution in [-0.2, 0) is 14.4 Å².